The highest BCUT2D eigenvalue weighted by atomic mass is 16.5. The van der Waals surface area contributed by atoms with Gasteiger partial charge < -0.3 is 24.8 Å². The number of rotatable bonds is 11. The van der Waals surface area contributed by atoms with Gasteiger partial charge >= 0.3 is 0 Å². The Kier molecular flexibility index (Phi) is 8.62. The fourth-order valence-corrected chi connectivity index (χ4v) is 3.46. The van der Waals surface area contributed by atoms with Crippen LogP contribution < -0.4 is 14.8 Å². The van der Waals surface area contributed by atoms with Gasteiger partial charge in [-0.2, -0.15) is 0 Å². The average molecular weight is 385 g/mol. The minimum Gasteiger partial charge on any atom is -0.494 e. The quantitative estimate of drug-likeness (QED) is 0.584. The highest BCUT2D eigenvalue weighted by Crippen LogP contribution is 2.13. The number of ether oxygens (including phenoxy) is 2. The third-order valence-electron chi connectivity index (χ3n) is 5.01. The van der Waals surface area contributed by atoms with Gasteiger partial charge in [-0.1, -0.05) is 36.4 Å². The largest absolute Gasteiger partial charge is 0.494 e. The van der Waals surface area contributed by atoms with Crippen molar-refractivity contribution in [3.8, 4) is 11.5 Å². The maximum atomic E-state index is 10.2. The number of para-hydroxylation sites is 2. The Balaban J connectivity index is 1.22. The molecule has 2 N–H and O–H groups in total. The summed E-state index contributed by atoms with van der Waals surface area (Å²) >= 11 is 0. The predicted molar refractivity (Wildman–Crippen MR) is 112 cm³/mol. The van der Waals surface area contributed by atoms with E-state index < -0.39 is 6.10 Å². The van der Waals surface area contributed by atoms with Gasteiger partial charge in [0.15, 0.2) is 0 Å². The van der Waals surface area contributed by atoms with E-state index in [4.69, 9.17) is 9.47 Å². The van der Waals surface area contributed by atoms with Crippen LogP contribution in [0.15, 0.2) is 60.7 Å². The van der Waals surface area contributed by atoms with Crippen LogP contribution in [0, 0.1) is 0 Å². The Morgan fingerprint density at radius 1 is 0.929 bits per heavy atom. The van der Waals surface area contributed by atoms with Gasteiger partial charge in [0.25, 0.3) is 0 Å². The monoisotopic (exact) mass is 384 g/mol. The van der Waals surface area contributed by atoms with Crippen LogP contribution in [0.3, 0.4) is 0 Å². The molecular weight excluding hydrogens is 352 g/mol. The lowest BCUT2D eigenvalue weighted by atomic mass is 10.0. The van der Waals surface area contributed by atoms with Crippen LogP contribution in [-0.2, 0) is 0 Å². The molecule has 0 aliphatic carbocycles. The minimum atomic E-state index is -0.458. The molecule has 1 atom stereocenters. The van der Waals surface area contributed by atoms with Crippen molar-refractivity contribution in [2.75, 3.05) is 39.4 Å². The summed E-state index contributed by atoms with van der Waals surface area (Å²) in [5.74, 6) is 1.74. The summed E-state index contributed by atoms with van der Waals surface area (Å²) < 4.78 is 11.4. The number of aliphatic hydroxyl groups excluding tert-OH is 1. The third-order valence-corrected chi connectivity index (χ3v) is 5.01. The molecule has 1 heterocycles. The SMILES string of the molecule is OC(COc1ccccc1)CN1CCC(NCCCOc2ccccc2)CC1. The molecule has 1 fully saturated rings. The summed E-state index contributed by atoms with van der Waals surface area (Å²) in [4.78, 5) is 2.33. The van der Waals surface area contributed by atoms with Gasteiger partial charge in [-0.15, -0.1) is 0 Å². The van der Waals surface area contributed by atoms with Gasteiger partial charge in [0.1, 0.15) is 24.2 Å². The van der Waals surface area contributed by atoms with Crippen molar-refractivity contribution in [3.63, 3.8) is 0 Å². The zero-order chi connectivity index (χ0) is 19.4. The second-order valence-electron chi connectivity index (χ2n) is 7.32. The maximum Gasteiger partial charge on any atom is 0.119 e. The standard InChI is InChI=1S/C23H32N2O3/c26-21(19-28-23-10-5-2-6-11-23)18-25-15-12-20(13-16-25)24-14-7-17-27-22-8-3-1-4-9-22/h1-6,8-11,20-21,24,26H,7,12-19H2. The Labute approximate surface area is 168 Å². The zero-order valence-electron chi connectivity index (χ0n) is 16.5. The van der Waals surface area contributed by atoms with E-state index in [1.54, 1.807) is 0 Å². The molecule has 0 radical (unpaired) electrons. The maximum absolute atomic E-state index is 10.2. The van der Waals surface area contributed by atoms with Gasteiger partial charge in [0.05, 0.1) is 6.61 Å². The Morgan fingerprint density at radius 2 is 1.54 bits per heavy atom. The molecule has 1 unspecified atom stereocenters. The molecule has 152 valence electrons. The van der Waals surface area contributed by atoms with Gasteiger partial charge in [0, 0.05) is 12.6 Å². The van der Waals surface area contributed by atoms with Crippen molar-refractivity contribution in [1.82, 2.24) is 10.2 Å². The number of benzene rings is 2. The molecule has 0 spiro atoms. The van der Waals surface area contributed by atoms with Crippen molar-refractivity contribution in [3.05, 3.63) is 60.7 Å². The predicted octanol–water partition coefficient (Wildman–Crippen LogP) is 2.95. The van der Waals surface area contributed by atoms with E-state index in [0.29, 0.717) is 19.2 Å². The smallest absolute Gasteiger partial charge is 0.119 e. The first-order valence-corrected chi connectivity index (χ1v) is 10.3. The highest BCUT2D eigenvalue weighted by Gasteiger charge is 2.20. The van der Waals surface area contributed by atoms with E-state index in [9.17, 15) is 5.11 Å². The van der Waals surface area contributed by atoms with Crippen LogP contribution in [0.1, 0.15) is 19.3 Å². The summed E-state index contributed by atoms with van der Waals surface area (Å²) in [7, 11) is 0. The normalized spacial score (nSPS) is 16.6. The van der Waals surface area contributed by atoms with Crippen LogP contribution in [0.4, 0.5) is 0 Å². The van der Waals surface area contributed by atoms with Crippen molar-refractivity contribution in [2.45, 2.75) is 31.4 Å². The molecule has 0 amide bonds. The van der Waals surface area contributed by atoms with Gasteiger partial charge in [-0.3, -0.25) is 0 Å². The lowest BCUT2D eigenvalue weighted by Crippen LogP contribution is -2.46. The highest BCUT2D eigenvalue weighted by molar-refractivity contribution is 5.21. The molecule has 0 aromatic heterocycles. The molecule has 28 heavy (non-hydrogen) atoms. The number of nitrogens with one attached hydrogen (secondary N) is 1. The van der Waals surface area contributed by atoms with Crippen molar-refractivity contribution >= 4 is 0 Å². The first-order valence-electron chi connectivity index (χ1n) is 10.3. The van der Waals surface area contributed by atoms with Crippen LogP contribution >= 0.6 is 0 Å². The summed E-state index contributed by atoms with van der Waals surface area (Å²) in [5.41, 5.74) is 0. The van der Waals surface area contributed by atoms with Crippen LogP contribution in [0.5, 0.6) is 11.5 Å². The molecule has 2 aromatic rings. The fraction of sp³-hybridized carbons (Fsp3) is 0.478. The fourth-order valence-electron chi connectivity index (χ4n) is 3.46. The number of nitrogens with zero attached hydrogens (tertiary/aromatic N) is 1. The first kappa shape index (κ1) is 20.6. The summed E-state index contributed by atoms with van der Waals surface area (Å²) in [6.45, 7) is 4.75. The van der Waals surface area contributed by atoms with E-state index in [1.807, 2.05) is 60.7 Å². The molecular formula is C23H32N2O3. The van der Waals surface area contributed by atoms with Crippen LogP contribution in [0.25, 0.3) is 0 Å². The number of aliphatic hydroxyl groups is 1. The van der Waals surface area contributed by atoms with Crippen LogP contribution in [-0.4, -0.2) is 61.5 Å². The summed E-state index contributed by atoms with van der Waals surface area (Å²) in [6.07, 6.45) is 2.78. The third kappa shape index (κ3) is 7.50. The molecule has 2 aromatic carbocycles. The number of likely N-dealkylation sites (tertiary alicyclic amines) is 1. The molecule has 5 heteroatoms. The van der Waals surface area contributed by atoms with Crippen molar-refractivity contribution in [1.29, 1.82) is 0 Å². The number of piperidine rings is 1. The summed E-state index contributed by atoms with van der Waals surface area (Å²) in [6, 6.07) is 20.2. The minimum absolute atomic E-state index is 0.337. The second-order valence-corrected chi connectivity index (χ2v) is 7.32. The number of β-amino-alcohol motifs (C(OH)–C–C–N with tert-alkyl or cyclic N) is 1. The van der Waals surface area contributed by atoms with Gasteiger partial charge in [0.2, 0.25) is 0 Å². The van der Waals surface area contributed by atoms with Gasteiger partial charge in [-0.05, 0) is 63.2 Å². The van der Waals surface area contributed by atoms with E-state index in [2.05, 4.69) is 10.2 Å². The van der Waals surface area contributed by atoms with Gasteiger partial charge in [-0.25, -0.2) is 0 Å². The molecule has 5 nitrogen and oxygen atoms in total. The molecule has 0 bridgehead atoms. The van der Waals surface area contributed by atoms with E-state index in [-0.39, 0.29) is 0 Å². The topological polar surface area (TPSA) is 54.0 Å². The lowest BCUT2D eigenvalue weighted by molar-refractivity contribution is 0.0578. The second kappa shape index (κ2) is 11.7. The molecule has 1 saturated heterocycles. The van der Waals surface area contributed by atoms with E-state index in [0.717, 1.165) is 57.0 Å². The average Bonchev–Trinajstić information content (AvgIpc) is 2.75. The number of hydrogen-bond donors (Lipinski definition) is 2. The van der Waals surface area contributed by atoms with Crippen molar-refractivity contribution < 1.29 is 14.6 Å². The zero-order valence-corrected chi connectivity index (χ0v) is 16.5. The molecule has 1 aliphatic heterocycles. The van der Waals surface area contributed by atoms with E-state index in [1.165, 1.54) is 0 Å². The molecule has 3 rings (SSSR count). The number of hydrogen-bond acceptors (Lipinski definition) is 5. The Bertz CT molecular complexity index is 645. The Hall–Kier alpha value is -2.08. The summed E-state index contributed by atoms with van der Waals surface area (Å²) in [5, 5.41) is 13.9. The molecule has 1 aliphatic rings. The van der Waals surface area contributed by atoms with E-state index >= 15 is 0 Å². The van der Waals surface area contributed by atoms with Crippen molar-refractivity contribution in [2.24, 2.45) is 0 Å². The first-order chi connectivity index (χ1) is 13.8. The Morgan fingerprint density at radius 3 is 2.18 bits per heavy atom. The lowest BCUT2D eigenvalue weighted by Gasteiger charge is -2.33. The van der Waals surface area contributed by atoms with Crippen LogP contribution in [0.2, 0.25) is 0 Å². The molecule has 0 saturated carbocycles.